The predicted molar refractivity (Wildman–Crippen MR) is 71.0 cm³/mol. The number of hydrogen-bond donors (Lipinski definition) is 1. The molecular formula is C13H22N2S. The zero-order chi connectivity index (χ0) is 11.4. The molecule has 2 heterocycles. The SMILES string of the molecule is CCC1CN(Cc2sccc2C)CCCN1. The molecular weight excluding hydrogens is 216 g/mol. The Labute approximate surface area is 103 Å². The lowest BCUT2D eigenvalue weighted by Crippen LogP contribution is -2.36. The topological polar surface area (TPSA) is 15.3 Å². The minimum absolute atomic E-state index is 0.683. The molecule has 0 bridgehead atoms. The summed E-state index contributed by atoms with van der Waals surface area (Å²) in [6, 6.07) is 2.91. The highest BCUT2D eigenvalue weighted by Gasteiger charge is 2.16. The van der Waals surface area contributed by atoms with E-state index in [4.69, 9.17) is 0 Å². The summed E-state index contributed by atoms with van der Waals surface area (Å²) >= 11 is 1.90. The van der Waals surface area contributed by atoms with E-state index < -0.39 is 0 Å². The van der Waals surface area contributed by atoms with Crippen LogP contribution in [0.15, 0.2) is 11.4 Å². The molecule has 1 fully saturated rings. The molecule has 1 saturated heterocycles. The average molecular weight is 238 g/mol. The molecule has 2 nitrogen and oxygen atoms in total. The number of thiophene rings is 1. The molecule has 1 N–H and O–H groups in total. The summed E-state index contributed by atoms with van der Waals surface area (Å²) in [4.78, 5) is 4.14. The third-order valence-electron chi connectivity index (χ3n) is 3.39. The van der Waals surface area contributed by atoms with Crippen LogP contribution in [0.3, 0.4) is 0 Å². The summed E-state index contributed by atoms with van der Waals surface area (Å²) in [6.45, 7) is 9.26. The van der Waals surface area contributed by atoms with Crippen molar-refractivity contribution in [2.75, 3.05) is 19.6 Å². The van der Waals surface area contributed by atoms with E-state index in [1.165, 1.54) is 42.9 Å². The van der Waals surface area contributed by atoms with Gasteiger partial charge in [-0.15, -0.1) is 11.3 Å². The van der Waals surface area contributed by atoms with Crippen LogP contribution in [-0.2, 0) is 6.54 Å². The van der Waals surface area contributed by atoms with E-state index in [2.05, 4.69) is 35.5 Å². The molecule has 0 aromatic carbocycles. The van der Waals surface area contributed by atoms with Gasteiger partial charge in [-0.2, -0.15) is 0 Å². The first-order valence-electron chi connectivity index (χ1n) is 6.28. The summed E-state index contributed by atoms with van der Waals surface area (Å²) in [5.74, 6) is 0. The quantitative estimate of drug-likeness (QED) is 0.871. The molecule has 1 aromatic rings. The summed E-state index contributed by atoms with van der Waals surface area (Å²) in [7, 11) is 0. The van der Waals surface area contributed by atoms with Crippen molar-refractivity contribution < 1.29 is 0 Å². The van der Waals surface area contributed by atoms with E-state index in [0.29, 0.717) is 6.04 Å². The number of hydrogen-bond acceptors (Lipinski definition) is 3. The molecule has 1 aliphatic heterocycles. The smallest absolute Gasteiger partial charge is 0.0331 e. The van der Waals surface area contributed by atoms with Gasteiger partial charge in [0.2, 0.25) is 0 Å². The molecule has 1 aromatic heterocycles. The minimum atomic E-state index is 0.683. The van der Waals surface area contributed by atoms with Gasteiger partial charge in [-0.1, -0.05) is 6.92 Å². The van der Waals surface area contributed by atoms with Gasteiger partial charge in [0.25, 0.3) is 0 Å². The van der Waals surface area contributed by atoms with Gasteiger partial charge < -0.3 is 5.32 Å². The maximum absolute atomic E-state index is 3.62. The fraction of sp³-hybridized carbons (Fsp3) is 0.692. The molecule has 0 radical (unpaired) electrons. The Morgan fingerprint density at radius 2 is 2.44 bits per heavy atom. The minimum Gasteiger partial charge on any atom is -0.313 e. The molecule has 90 valence electrons. The van der Waals surface area contributed by atoms with Crippen molar-refractivity contribution in [1.82, 2.24) is 10.2 Å². The van der Waals surface area contributed by atoms with Gasteiger partial charge in [0.05, 0.1) is 0 Å². The first-order chi connectivity index (χ1) is 7.79. The van der Waals surface area contributed by atoms with Crippen LogP contribution in [-0.4, -0.2) is 30.6 Å². The lowest BCUT2D eigenvalue weighted by molar-refractivity contribution is 0.259. The maximum atomic E-state index is 3.62. The van der Waals surface area contributed by atoms with Gasteiger partial charge in [-0.05, 0) is 49.9 Å². The van der Waals surface area contributed by atoms with E-state index in [-0.39, 0.29) is 0 Å². The highest BCUT2D eigenvalue weighted by Crippen LogP contribution is 2.18. The monoisotopic (exact) mass is 238 g/mol. The van der Waals surface area contributed by atoms with Crippen LogP contribution in [0.25, 0.3) is 0 Å². The second kappa shape index (κ2) is 5.80. The van der Waals surface area contributed by atoms with Crippen molar-refractivity contribution in [2.45, 2.75) is 39.3 Å². The first kappa shape index (κ1) is 12.1. The van der Waals surface area contributed by atoms with Gasteiger partial charge in [0, 0.05) is 24.0 Å². The Kier molecular flexibility index (Phi) is 4.38. The van der Waals surface area contributed by atoms with Crippen LogP contribution in [0.5, 0.6) is 0 Å². The van der Waals surface area contributed by atoms with Crippen LogP contribution in [0.1, 0.15) is 30.2 Å². The van der Waals surface area contributed by atoms with Crippen molar-refractivity contribution in [3.63, 3.8) is 0 Å². The lowest BCUT2D eigenvalue weighted by Gasteiger charge is -2.23. The van der Waals surface area contributed by atoms with E-state index in [9.17, 15) is 0 Å². The Morgan fingerprint density at radius 1 is 1.56 bits per heavy atom. The zero-order valence-electron chi connectivity index (χ0n) is 10.3. The number of rotatable bonds is 3. The van der Waals surface area contributed by atoms with Crippen molar-refractivity contribution in [2.24, 2.45) is 0 Å². The number of nitrogens with zero attached hydrogens (tertiary/aromatic N) is 1. The normalized spacial score (nSPS) is 23.2. The van der Waals surface area contributed by atoms with Crippen molar-refractivity contribution in [1.29, 1.82) is 0 Å². The highest BCUT2D eigenvalue weighted by molar-refractivity contribution is 7.10. The van der Waals surface area contributed by atoms with Gasteiger partial charge in [-0.3, -0.25) is 4.90 Å². The molecule has 0 saturated carbocycles. The molecule has 1 aliphatic rings. The van der Waals surface area contributed by atoms with Gasteiger partial charge in [-0.25, -0.2) is 0 Å². The second-order valence-electron chi connectivity index (χ2n) is 4.67. The van der Waals surface area contributed by atoms with Gasteiger partial charge in [0.15, 0.2) is 0 Å². The van der Waals surface area contributed by atoms with Crippen molar-refractivity contribution in [3.05, 3.63) is 21.9 Å². The average Bonchev–Trinajstić information content (AvgIpc) is 2.55. The molecule has 0 amide bonds. The molecule has 3 heteroatoms. The highest BCUT2D eigenvalue weighted by atomic mass is 32.1. The van der Waals surface area contributed by atoms with E-state index in [1.807, 2.05) is 11.3 Å². The van der Waals surface area contributed by atoms with Crippen LogP contribution in [0.2, 0.25) is 0 Å². The lowest BCUT2D eigenvalue weighted by atomic mass is 10.2. The summed E-state index contributed by atoms with van der Waals surface area (Å²) in [5.41, 5.74) is 1.45. The summed E-state index contributed by atoms with van der Waals surface area (Å²) in [5, 5.41) is 5.82. The first-order valence-corrected chi connectivity index (χ1v) is 7.16. The largest absolute Gasteiger partial charge is 0.313 e. The van der Waals surface area contributed by atoms with E-state index in [1.54, 1.807) is 0 Å². The fourth-order valence-corrected chi connectivity index (χ4v) is 3.21. The standard InChI is InChI=1S/C13H22N2S/c1-3-12-9-15(7-4-6-14-12)10-13-11(2)5-8-16-13/h5,8,12,14H,3-4,6-7,9-10H2,1-2H3. The van der Waals surface area contributed by atoms with Crippen molar-refractivity contribution >= 4 is 11.3 Å². The van der Waals surface area contributed by atoms with Gasteiger partial charge in [0.1, 0.15) is 0 Å². The zero-order valence-corrected chi connectivity index (χ0v) is 11.1. The molecule has 1 unspecified atom stereocenters. The summed E-state index contributed by atoms with van der Waals surface area (Å²) < 4.78 is 0. The molecule has 0 aliphatic carbocycles. The number of nitrogens with one attached hydrogen (secondary N) is 1. The molecule has 0 spiro atoms. The molecule has 2 rings (SSSR count). The van der Waals surface area contributed by atoms with Crippen LogP contribution in [0.4, 0.5) is 0 Å². The number of aryl methyl sites for hydroxylation is 1. The second-order valence-corrected chi connectivity index (χ2v) is 5.68. The molecule has 16 heavy (non-hydrogen) atoms. The summed E-state index contributed by atoms with van der Waals surface area (Å²) in [6.07, 6.45) is 2.51. The third-order valence-corrected chi connectivity index (χ3v) is 4.40. The Morgan fingerprint density at radius 3 is 3.12 bits per heavy atom. The molecule has 1 atom stereocenters. The van der Waals surface area contributed by atoms with E-state index >= 15 is 0 Å². The van der Waals surface area contributed by atoms with Crippen LogP contribution < -0.4 is 5.32 Å². The van der Waals surface area contributed by atoms with Crippen LogP contribution in [0, 0.1) is 6.92 Å². The predicted octanol–water partition coefficient (Wildman–Crippen LogP) is 2.63. The Bertz CT molecular complexity index is 321. The van der Waals surface area contributed by atoms with Crippen molar-refractivity contribution in [3.8, 4) is 0 Å². The maximum Gasteiger partial charge on any atom is 0.0331 e. The third kappa shape index (κ3) is 3.06. The Hall–Kier alpha value is -0.380. The van der Waals surface area contributed by atoms with Crippen LogP contribution >= 0.6 is 11.3 Å². The fourth-order valence-electron chi connectivity index (χ4n) is 2.26. The van der Waals surface area contributed by atoms with E-state index in [0.717, 1.165) is 6.54 Å². The Balaban J connectivity index is 1.95. The van der Waals surface area contributed by atoms with Gasteiger partial charge >= 0.3 is 0 Å².